The first-order chi connectivity index (χ1) is 11.0. The van der Waals surface area contributed by atoms with Crippen molar-refractivity contribution in [3.05, 3.63) is 64.7 Å². The molecule has 0 bridgehead atoms. The van der Waals surface area contributed by atoms with Crippen LogP contribution in [0, 0.1) is 6.92 Å². The van der Waals surface area contributed by atoms with Gasteiger partial charge in [-0.25, -0.2) is 4.79 Å². The summed E-state index contributed by atoms with van der Waals surface area (Å²) in [4.78, 5) is 24.0. The quantitative estimate of drug-likeness (QED) is 0.598. The van der Waals surface area contributed by atoms with Gasteiger partial charge in [0.15, 0.2) is 5.78 Å². The molecule has 0 spiro atoms. The Hall–Kier alpha value is -2.62. The highest BCUT2D eigenvalue weighted by Crippen LogP contribution is 2.24. The molecule has 0 aliphatic rings. The fourth-order valence-electron chi connectivity index (χ4n) is 2.42. The highest BCUT2D eigenvalue weighted by Gasteiger charge is 2.19. The Labute approximate surface area is 136 Å². The Morgan fingerprint density at radius 3 is 2.39 bits per heavy atom. The van der Waals surface area contributed by atoms with Gasteiger partial charge >= 0.3 is 5.97 Å². The molecule has 0 saturated carbocycles. The first-order valence-corrected chi connectivity index (χ1v) is 7.52. The van der Waals surface area contributed by atoms with E-state index in [1.165, 1.54) is 6.92 Å². The largest absolute Gasteiger partial charge is 0.489 e. The van der Waals surface area contributed by atoms with Crippen molar-refractivity contribution in [2.45, 2.75) is 27.4 Å². The predicted molar refractivity (Wildman–Crippen MR) is 87.9 cm³/mol. The normalized spacial score (nSPS) is 10.2. The second-order valence-corrected chi connectivity index (χ2v) is 5.21. The number of ether oxygens (including phenoxy) is 2. The van der Waals surface area contributed by atoms with Crippen molar-refractivity contribution in [1.82, 2.24) is 0 Å². The van der Waals surface area contributed by atoms with Crippen molar-refractivity contribution in [2.75, 3.05) is 6.61 Å². The van der Waals surface area contributed by atoms with Gasteiger partial charge in [0.2, 0.25) is 0 Å². The van der Waals surface area contributed by atoms with Gasteiger partial charge in [-0.15, -0.1) is 0 Å². The highest BCUT2D eigenvalue weighted by molar-refractivity contribution is 6.06. The minimum Gasteiger partial charge on any atom is -0.489 e. The monoisotopic (exact) mass is 312 g/mol. The van der Waals surface area contributed by atoms with Gasteiger partial charge in [0.05, 0.1) is 12.2 Å². The summed E-state index contributed by atoms with van der Waals surface area (Å²) in [5, 5.41) is 0. The molecule has 0 unspecified atom stereocenters. The van der Waals surface area contributed by atoms with Gasteiger partial charge in [0.1, 0.15) is 12.4 Å². The molecule has 2 rings (SSSR count). The lowest BCUT2D eigenvalue weighted by atomic mass is 9.98. The fourth-order valence-corrected chi connectivity index (χ4v) is 2.42. The third-order valence-corrected chi connectivity index (χ3v) is 3.40. The lowest BCUT2D eigenvalue weighted by Crippen LogP contribution is -2.12. The number of rotatable bonds is 6. The van der Waals surface area contributed by atoms with Crippen LogP contribution in [0.4, 0.5) is 0 Å². The minimum absolute atomic E-state index is 0.167. The molecule has 0 fully saturated rings. The van der Waals surface area contributed by atoms with Crippen LogP contribution in [0.3, 0.4) is 0 Å². The average molecular weight is 312 g/mol. The number of ketones is 1. The van der Waals surface area contributed by atoms with E-state index in [0.717, 1.165) is 5.56 Å². The highest BCUT2D eigenvalue weighted by atomic mass is 16.5. The van der Waals surface area contributed by atoms with Crippen molar-refractivity contribution in [2.24, 2.45) is 0 Å². The van der Waals surface area contributed by atoms with Crippen LogP contribution in [-0.4, -0.2) is 18.4 Å². The maximum Gasteiger partial charge on any atom is 0.339 e. The molecule has 23 heavy (non-hydrogen) atoms. The van der Waals surface area contributed by atoms with Crippen LogP contribution in [0.15, 0.2) is 42.5 Å². The Balaban J connectivity index is 2.31. The van der Waals surface area contributed by atoms with Crippen LogP contribution in [0.2, 0.25) is 0 Å². The standard InChI is InChI=1S/C19H20O4/c1-4-22-19(21)17-11-16(10-13(2)18(17)14(3)20)23-12-15-8-6-5-7-9-15/h5-11H,4,12H2,1-3H3. The topological polar surface area (TPSA) is 52.6 Å². The summed E-state index contributed by atoms with van der Waals surface area (Å²) in [5.41, 5.74) is 2.36. The predicted octanol–water partition coefficient (Wildman–Crippen LogP) is 3.95. The molecule has 0 aliphatic carbocycles. The van der Waals surface area contributed by atoms with Crippen molar-refractivity contribution in [3.8, 4) is 5.75 Å². The van der Waals surface area contributed by atoms with Gasteiger partial charge < -0.3 is 9.47 Å². The van der Waals surface area contributed by atoms with Crippen molar-refractivity contribution < 1.29 is 19.1 Å². The molecule has 4 nitrogen and oxygen atoms in total. The number of benzene rings is 2. The van der Waals surface area contributed by atoms with Gasteiger partial charge in [-0.1, -0.05) is 30.3 Å². The molecular formula is C19H20O4. The molecule has 2 aromatic rings. The van der Waals surface area contributed by atoms with Gasteiger partial charge in [0, 0.05) is 5.56 Å². The molecule has 0 radical (unpaired) electrons. The van der Waals surface area contributed by atoms with Crippen LogP contribution < -0.4 is 4.74 Å². The number of carbonyl (C=O) groups is 2. The maximum absolute atomic E-state index is 12.1. The summed E-state index contributed by atoms with van der Waals surface area (Å²) in [6.45, 7) is 5.60. The number of Topliss-reactive ketones (excluding diaryl/α,β-unsaturated/α-hetero) is 1. The zero-order valence-electron chi connectivity index (χ0n) is 13.6. The summed E-state index contributed by atoms with van der Waals surface area (Å²) in [5.74, 6) is -0.134. The van der Waals surface area contributed by atoms with E-state index in [1.807, 2.05) is 30.3 Å². The Morgan fingerprint density at radius 2 is 1.78 bits per heavy atom. The van der Waals surface area contributed by atoms with E-state index in [1.54, 1.807) is 26.0 Å². The summed E-state index contributed by atoms with van der Waals surface area (Å²) < 4.78 is 10.8. The summed E-state index contributed by atoms with van der Waals surface area (Å²) in [6.07, 6.45) is 0. The van der Waals surface area contributed by atoms with Crippen LogP contribution in [0.25, 0.3) is 0 Å². The number of esters is 1. The van der Waals surface area contributed by atoms with Gasteiger partial charge in [-0.3, -0.25) is 4.79 Å². The lowest BCUT2D eigenvalue weighted by Gasteiger charge is -2.13. The second kappa shape index (κ2) is 7.58. The number of hydrogen-bond acceptors (Lipinski definition) is 4. The Kier molecular flexibility index (Phi) is 5.52. The molecule has 0 amide bonds. The van der Waals surface area contributed by atoms with Crippen LogP contribution in [0.5, 0.6) is 5.75 Å². The SMILES string of the molecule is CCOC(=O)c1cc(OCc2ccccc2)cc(C)c1C(C)=O. The zero-order chi connectivity index (χ0) is 16.8. The van der Waals surface area contributed by atoms with Gasteiger partial charge in [0.25, 0.3) is 0 Å². The molecule has 0 heterocycles. The molecule has 0 N–H and O–H groups in total. The van der Waals surface area contributed by atoms with E-state index in [2.05, 4.69) is 0 Å². The van der Waals surface area contributed by atoms with E-state index in [4.69, 9.17) is 9.47 Å². The van der Waals surface area contributed by atoms with E-state index >= 15 is 0 Å². The molecule has 0 aliphatic heterocycles. The first kappa shape index (κ1) is 16.7. The first-order valence-electron chi connectivity index (χ1n) is 7.52. The molecule has 120 valence electrons. The Bertz CT molecular complexity index is 705. The number of carbonyl (C=O) groups excluding carboxylic acids is 2. The van der Waals surface area contributed by atoms with Crippen molar-refractivity contribution >= 4 is 11.8 Å². The molecule has 2 aromatic carbocycles. The van der Waals surface area contributed by atoms with Crippen molar-refractivity contribution in [1.29, 1.82) is 0 Å². The summed E-state index contributed by atoms with van der Waals surface area (Å²) in [6, 6.07) is 13.1. The number of hydrogen-bond donors (Lipinski definition) is 0. The molecular weight excluding hydrogens is 292 g/mol. The van der Waals surface area contributed by atoms with Gasteiger partial charge in [-0.05, 0) is 44.0 Å². The molecule has 0 atom stereocenters. The summed E-state index contributed by atoms with van der Waals surface area (Å²) >= 11 is 0. The molecule has 0 aromatic heterocycles. The van der Waals surface area contributed by atoms with Crippen LogP contribution >= 0.6 is 0 Å². The lowest BCUT2D eigenvalue weighted by molar-refractivity contribution is 0.0522. The third kappa shape index (κ3) is 4.19. The second-order valence-electron chi connectivity index (χ2n) is 5.21. The smallest absolute Gasteiger partial charge is 0.339 e. The van der Waals surface area contributed by atoms with E-state index in [0.29, 0.717) is 23.5 Å². The van der Waals surface area contributed by atoms with Crippen LogP contribution in [0.1, 0.15) is 45.7 Å². The molecule has 0 saturated heterocycles. The van der Waals surface area contributed by atoms with Gasteiger partial charge in [-0.2, -0.15) is 0 Å². The summed E-state index contributed by atoms with van der Waals surface area (Å²) in [7, 11) is 0. The Morgan fingerprint density at radius 1 is 1.09 bits per heavy atom. The van der Waals surface area contributed by atoms with E-state index < -0.39 is 5.97 Å². The third-order valence-electron chi connectivity index (χ3n) is 3.40. The van der Waals surface area contributed by atoms with Crippen molar-refractivity contribution in [3.63, 3.8) is 0 Å². The maximum atomic E-state index is 12.1. The molecule has 4 heteroatoms. The zero-order valence-corrected chi connectivity index (χ0v) is 13.6. The van der Waals surface area contributed by atoms with E-state index in [9.17, 15) is 9.59 Å². The van der Waals surface area contributed by atoms with Crippen LogP contribution in [-0.2, 0) is 11.3 Å². The van der Waals surface area contributed by atoms with E-state index in [-0.39, 0.29) is 18.0 Å². The fraction of sp³-hybridized carbons (Fsp3) is 0.263. The minimum atomic E-state index is -0.508. The average Bonchev–Trinajstić information content (AvgIpc) is 2.53. The number of aryl methyl sites for hydroxylation is 1.